The van der Waals surface area contributed by atoms with Crippen LogP contribution in [0.15, 0.2) is 0 Å². The maximum Gasteiger partial charge on any atom is 0.390 e. The number of esters is 1. The lowest BCUT2D eigenvalue weighted by molar-refractivity contribution is -0.143. The first-order valence-electron chi connectivity index (χ1n) is 4.58. The van der Waals surface area contributed by atoms with Crippen molar-refractivity contribution in [3.63, 3.8) is 0 Å². The molecule has 0 radical (unpaired) electrons. The summed E-state index contributed by atoms with van der Waals surface area (Å²) in [5.74, 6) is -0.908. The van der Waals surface area contributed by atoms with Gasteiger partial charge in [-0.25, -0.2) is 0 Å². The molecule has 0 spiro atoms. The number of rotatable bonds is 3. The quantitative estimate of drug-likeness (QED) is 0.396. The van der Waals surface area contributed by atoms with Gasteiger partial charge in [0.25, 0.3) is 6.26 Å². The molecule has 1 heterocycles. The van der Waals surface area contributed by atoms with E-state index in [0.29, 0.717) is 19.3 Å². The lowest BCUT2D eigenvalue weighted by Crippen LogP contribution is -2.25. The predicted octanol–water partition coefficient (Wildman–Crippen LogP) is 0.173. The molecule has 5 nitrogen and oxygen atoms in total. The van der Waals surface area contributed by atoms with Crippen LogP contribution in [0.4, 0.5) is 0 Å². The van der Waals surface area contributed by atoms with Crippen LogP contribution in [0.2, 0.25) is 12.1 Å². The second-order valence-electron chi connectivity index (χ2n) is 3.23. The number of nitrogens with zero attached hydrogens (tertiary/aromatic N) is 1. The first-order chi connectivity index (χ1) is 6.69. The van der Waals surface area contributed by atoms with Crippen molar-refractivity contribution in [1.82, 2.24) is 0 Å². The molecule has 0 aromatic heterocycles. The molecule has 0 unspecified atom stereocenters. The molecule has 6 heteroatoms. The van der Waals surface area contributed by atoms with Gasteiger partial charge in [0.1, 0.15) is 0 Å². The third kappa shape index (κ3) is 2.39. The molecule has 0 bridgehead atoms. The van der Waals surface area contributed by atoms with Gasteiger partial charge in [-0.3, -0.25) is 4.79 Å². The summed E-state index contributed by atoms with van der Waals surface area (Å²) < 4.78 is 9.51. The standard InChI is InChI=1S/C8H12BNO4/c1-2-13-8(12)7-3-6(11)4-9(7)14-5-10/h6-7,11H,2-4H2,1H3/t6-,7+/m1/s1. The van der Waals surface area contributed by atoms with Crippen LogP contribution in [0.1, 0.15) is 13.3 Å². The van der Waals surface area contributed by atoms with Gasteiger partial charge in [-0.05, 0) is 19.7 Å². The molecular weight excluding hydrogens is 185 g/mol. The topological polar surface area (TPSA) is 79.6 Å². The minimum Gasteiger partial charge on any atom is -0.497 e. The SMILES string of the molecule is CCOC(=O)[C@@H]1C[C@@H](O)CB1OC#N. The molecule has 0 aliphatic carbocycles. The summed E-state index contributed by atoms with van der Waals surface area (Å²) in [6.07, 6.45) is 1.58. The third-order valence-corrected chi connectivity index (χ3v) is 2.27. The Hall–Kier alpha value is -1.22. The summed E-state index contributed by atoms with van der Waals surface area (Å²) in [4.78, 5) is 11.4. The number of nitriles is 1. The Morgan fingerprint density at radius 2 is 2.50 bits per heavy atom. The van der Waals surface area contributed by atoms with E-state index in [1.807, 2.05) is 0 Å². The summed E-state index contributed by atoms with van der Waals surface area (Å²) >= 11 is 0. The highest BCUT2D eigenvalue weighted by molar-refractivity contribution is 6.59. The van der Waals surface area contributed by atoms with Gasteiger partial charge >= 0.3 is 12.9 Å². The second-order valence-corrected chi connectivity index (χ2v) is 3.23. The van der Waals surface area contributed by atoms with Gasteiger partial charge in [-0.1, -0.05) is 0 Å². The van der Waals surface area contributed by atoms with Crippen LogP contribution in [-0.4, -0.2) is 30.7 Å². The second kappa shape index (κ2) is 4.87. The summed E-state index contributed by atoms with van der Waals surface area (Å²) in [6, 6.07) is 0. The van der Waals surface area contributed by atoms with Gasteiger partial charge in [0.2, 0.25) is 0 Å². The fourth-order valence-electron chi connectivity index (χ4n) is 1.67. The highest BCUT2D eigenvalue weighted by Gasteiger charge is 2.45. The minimum absolute atomic E-state index is 0.296. The number of ether oxygens (including phenoxy) is 1. The number of carbonyl (C=O) groups is 1. The normalized spacial score (nSPS) is 25.6. The molecule has 0 aromatic rings. The molecule has 0 amide bonds. The highest BCUT2D eigenvalue weighted by atomic mass is 16.5. The average Bonchev–Trinajstić information content (AvgIpc) is 2.48. The number of aliphatic hydroxyl groups excluding tert-OH is 1. The molecule has 0 saturated carbocycles. The van der Waals surface area contributed by atoms with Crippen molar-refractivity contribution in [3.05, 3.63) is 0 Å². The Morgan fingerprint density at radius 1 is 1.79 bits per heavy atom. The van der Waals surface area contributed by atoms with E-state index in [1.165, 1.54) is 6.26 Å². The Morgan fingerprint density at radius 3 is 3.07 bits per heavy atom. The van der Waals surface area contributed by atoms with E-state index in [1.54, 1.807) is 6.92 Å². The molecule has 14 heavy (non-hydrogen) atoms. The molecule has 1 rings (SSSR count). The maximum atomic E-state index is 11.4. The first-order valence-corrected chi connectivity index (χ1v) is 4.58. The van der Waals surface area contributed by atoms with Crippen LogP contribution in [0, 0.1) is 11.5 Å². The van der Waals surface area contributed by atoms with Gasteiger partial charge < -0.3 is 14.5 Å². The lowest BCUT2D eigenvalue weighted by atomic mass is 9.58. The highest BCUT2D eigenvalue weighted by Crippen LogP contribution is 2.32. The zero-order valence-corrected chi connectivity index (χ0v) is 7.97. The molecular formula is C8H12BNO4. The summed E-state index contributed by atoms with van der Waals surface area (Å²) in [5, 5.41) is 17.7. The van der Waals surface area contributed by atoms with Crippen molar-refractivity contribution in [1.29, 1.82) is 5.26 Å². The van der Waals surface area contributed by atoms with E-state index >= 15 is 0 Å². The smallest absolute Gasteiger partial charge is 0.390 e. The van der Waals surface area contributed by atoms with Crippen LogP contribution in [-0.2, 0) is 14.2 Å². The summed E-state index contributed by atoms with van der Waals surface area (Å²) in [7, 11) is 0. The molecule has 1 aliphatic rings. The minimum atomic E-state index is -0.581. The van der Waals surface area contributed by atoms with E-state index in [-0.39, 0.29) is 0 Å². The van der Waals surface area contributed by atoms with Gasteiger partial charge in [0.05, 0.1) is 18.5 Å². The van der Waals surface area contributed by atoms with Crippen molar-refractivity contribution in [2.45, 2.75) is 31.6 Å². The Labute approximate surface area is 82.7 Å². The lowest BCUT2D eigenvalue weighted by Gasteiger charge is -2.11. The van der Waals surface area contributed by atoms with Gasteiger partial charge in [0, 0.05) is 0 Å². The fraction of sp³-hybridized carbons (Fsp3) is 0.750. The van der Waals surface area contributed by atoms with Crippen LogP contribution in [0.5, 0.6) is 0 Å². The van der Waals surface area contributed by atoms with Crippen LogP contribution < -0.4 is 0 Å². The maximum absolute atomic E-state index is 11.4. The molecule has 2 atom stereocenters. The van der Waals surface area contributed by atoms with Crippen LogP contribution in [0.3, 0.4) is 0 Å². The number of hydrogen-bond acceptors (Lipinski definition) is 5. The summed E-state index contributed by atoms with van der Waals surface area (Å²) in [5.41, 5.74) is 0. The van der Waals surface area contributed by atoms with Gasteiger partial charge in [-0.2, -0.15) is 5.26 Å². The van der Waals surface area contributed by atoms with Crippen molar-refractivity contribution in [2.75, 3.05) is 6.61 Å². The van der Waals surface area contributed by atoms with Crippen LogP contribution >= 0.6 is 0 Å². The van der Waals surface area contributed by atoms with Crippen molar-refractivity contribution in [3.8, 4) is 6.26 Å². The van der Waals surface area contributed by atoms with Gasteiger partial charge in [-0.15, -0.1) is 0 Å². The van der Waals surface area contributed by atoms with E-state index in [0.717, 1.165) is 0 Å². The average molecular weight is 197 g/mol. The van der Waals surface area contributed by atoms with E-state index in [2.05, 4.69) is 0 Å². The number of hydrogen-bond donors (Lipinski definition) is 1. The molecule has 1 fully saturated rings. The third-order valence-electron chi connectivity index (χ3n) is 2.27. The number of carbonyl (C=O) groups excluding carboxylic acids is 1. The number of aliphatic hydroxyl groups is 1. The summed E-state index contributed by atoms with van der Waals surface area (Å²) in [6.45, 7) is 1.47. The molecule has 0 aromatic carbocycles. The molecule has 76 valence electrons. The predicted molar refractivity (Wildman–Crippen MR) is 48.3 cm³/mol. The molecule has 1 N–H and O–H groups in total. The monoisotopic (exact) mass is 197 g/mol. The Bertz CT molecular complexity index is 252. The van der Waals surface area contributed by atoms with Crippen molar-refractivity contribution in [2.24, 2.45) is 0 Å². The van der Waals surface area contributed by atoms with Crippen molar-refractivity contribution < 1.29 is 19.3 Å². The van der Waals surface area contributed by atoms with Crippen molar-refractivity contribution >= 4 is 12.9 Å². The fourth-order valence-corrected chi connectivity index (χ4v) is 1.67. The zero-order valence-electron chi connectivity index (χ0n) is 7.97. The molecule has 1 saturated heterocycles. The van der Waals surface area contributed by atoms with Gasteiger partial charge in [0.15, 0.2) is 0 Å². The Balaban J connectivity index is 2.57. The first kappa shape index (κ1) is 10.9. The van der Waals surface area contributed by atoms with E-state index in [9.17, 15) is 9.90 Å². The largest absolute Gasteiger partial charge is 0.497 e. The van der Waals surface area contributed by atoms with E-state index in [4.69, 9.17) is 14.7 Å². The molecule has 1 aliphatic heterocycles. The van der Waals surface area contributed by atoms with Crippen LogP contribution in [0.25, 0.3) is 0 Å². The Kier molecular flexibility index (Phi) is 3.78. The zero-order chi connectivity index (χ0) is 10.6. The van der Waals surface area contributed by atoms with E-state index < -0.39 is 24.8 Å².